The van der Waals surface area contributed by atoms with Gasteiger partial charge in [0.1, 0.15) is 55.4 Å². The second-order valence-corrected chi connectivity index (χ2v) is 17.6. The third kappa shape index (κ3) is 26.2. The normalized spacial score (nSPS) is 26.7. The Morgan fingerprint density at radius 1 is 0.492 bits per heavy atom. The van der Waals surface area contributed by atoms with Crippen LogP contribution >= 0.6 is 0 Å². The molecule has 0 saturated carbocycles. The number of carbonyl (C=O) groups excluding carboxylic acids is 2. The largest absolute Gasteiger partial charge is 0.462 e. The van der Waals surface area contributed by atoms with Gasteiger partial charge in [-0.3, -0.25) is 9.59 Å². The SMILES string of the molecule is CCCC/C=C/C/C=C/CCCCCCCC(=O)OC[C@H](CO[C@@H]1O[C@H](CO[C@@H]2O[C@H](CO)[C@H](O)C(O)C2O)[C@H](O)C(O)C1O)OC(=O)CCCC/C=C/CCCCCCCCCCC. The van der Waals surface area contributed by atoms with Crippen LogP contribution in [0.25, 0.3) is 0 Å². The molecule has 65 heavy (non-hydrogen) atoms. The summed E-state index contributed by atoms with van der Waals surface area (Å²) < 4.78 is 33.5. The summed E-state index contributed by atoms with van der Waals surface area (Å²) in [5.74, 6) is -0.967. The van der Waals surface area contributed by atoms with Crippen molar-refractivity contribution in [1.82, 2.24) is 0 Å². The quantitative estimate of drug-likeness (QED) is 0.0198. The van der Waals surface area contributed by atoms with Crippen LogP contribution in [0.3, 0.4) is 0 Å². The van der Waals surface area contributed by atoms with E-state index in [1.165, 1.54) is 70.6 Å². The zero-order chi connectivity index (χ0) is 47.5. The standard InChI is InChI=1S/C50H88O15/c1-3-5-7-9-11-13-15-17-19-21-23-25-27-29-31-33-42(53)63-38(35-60-41(52)32-30-28-26-24-22-20-18-16-14-12-10-8-6-4-2)36-61-49-48(59)46(57)44(55)40(65-49)37-62-50-47(58)45(56)43(54)39(34-51)64-50/h10,12,16,18,23,25,38-40,43-51,54-59H,3-9,11,13-15,17,19-22,24,26-37H2,1-2H3/b12-10+,18-16+,25-23+/t38-,39-,40-,43+,44+,45?,46?,47?,48?,49-,50-/m1/s1. The highest BCUT2D eigenvalue weighted by Crippen LogP contribution is 2.26. The maximum absolute atomic E-state index is 13.0. The fourth-order valence-corrected chi connectivity index (χ4v) is 7.64. The van der Waals surface area contributed by atoms with E-state index < -0.39 is 99.3 Å². The van der Waals surface area contributed by atoms with Crippen LogP contribution in [0.2, 0.25) is 0 Å². The number of hydrogen-bond acceptors (Lipinski definition) is 15. The van der Waals surface area contributed by atoms with Gasteiger partial charge in [0.25, 0.3) is 0 Å². The first-order valence-corrected chi connectivity index (χ1v) is 25.1. The Hall–Kier alpha value is -2.28. The Labute approximate surface area is 389 Å². The maximum atomic E-state index is 13.0. The summed E-state index contributed by atoms with van der Waals surface area (Å²) in [7, 11) is 0. The van der Waals surface area contributed by atoms with Gasteiger partial charge in [0, 0.05) is 12.8 Å². The van der Waals surface area contributed by atoms with Gasteiger partial charge >= 0.3 is 11.9 Å². The van der Waals surface area contributed by atoms with Crippen LogP contribution in [0, 0.1) is 0 Å². The summed E-state index contributed by atoms with van der Waals surface area (Å²) in [6.07, 6.45) is 21.8. The molecule has 2 saturated heterocycles. The summed E-state index contributed by atoms with van der Waals surface area (Å²) in [5, 5.41) is 72.0. The third-order valence-electron chi connectivity index (χ3n) is 11.8. The number of esters is 2. The van der Waals surface area contributed by atoms with Gasteiger partial charge in [0.05, 0.1) is 19.8 Å². The zero-order valence-corrected chi connectivity index (χ0v) is 39.7. The predicted octanol–water partition coefficient (Wildman–Crippen LogP) is 6.54. The third-order valence-corrected chi connectivity index (χ3v) is 11.8. The molecule has 11 atom stereocenters. The van der Waals surface area contributed by atoms with E-state index in [0.717, 1.165) is 64.2 Å². The molecule has 378 valence electrons. The van der Waals surface area contributed by atoms with Gasteiger partial charge in [-0.1, -0.05) is 134 Å². The molecule has 0 aromatic carbocycles. The minimum atomic E-state index is -1.77. The van der Waals surface area contributed by atoms with E-state index in [4.69, 9.17) is 28.4 Å². The average Bonchev–Trinajstić information content (AvgIpc) is 3.30. The van der Waals surface area contributed by atoms with Crippen molar-refractivity contribution < 1.29 is 73.8 Å². The van der Waals surface area contributed by atoms with Gasteiger partial charge in [-0.2, -0.15) is 0 Å². The maximum Gasteiger partial charge on any atom is 0.306 e. The van der Waals surface area contributed by atoms with Crippen LogP contribution in [0.15, 0.2) is 36.5 Å². The highest BCUT2D eigenvalue weighted by molar-refractivity contribution is 5.70. The van der Waals surface area contributed by atoms with Gasteiger partial charge in [-0.05, 0) is 64.2 Å². The molecule has 0 spiro atoms. The minimum Gasteiger partial charge on any atom is -0.462 e. The molecule has 15 heteroatoms. The van der Waals surface area contributed by atoms with E-state index in [2.05, 4.69) is 50.3 Å². The molecule has 0 aromatic heterocycles. The average molecular weight is 929 g/mol. The summed E-state index contributed by atoms with van der Waals surface area (Å²) in [6.45, 7) is 2.51. The van der Waals surface area contributed by atoms with Crippen molar-refractivity contribution >= 4 is 11.9 Å². The molecule has 0 amide bonds. The van der Waals surface area contributed by atoms with Crippen LogP contribution < -0.4 is 0 Å². The van der Waals surface area contributed by atoms with Crippen molar-refractivity contribution in [2.24, 2.45) is 0 Å². The van der Waals surface area contributed by atoms with Gasteiger partial charge in [0.2, 0.25) is 0 Å². The van der Waals surface area contributed by atoms with Crippen molar-refractivity contribution in [2.45, 2.75) is 242 Å². The number of ether oxygens (including phenoxy) is 6. The highest BCUT2D eigenvalue weighted by Gasteiger charge is 2.47. The summed E-state index contributed by atoms with van der Waals surface area (Å²) in [5.41, 5.74) is 0. The molecule has 2 rings (SSSR count). The lowest BCUT2D eigenvalue weighted by Gasteiger charge is -2.42. The zero-order valence-electron chi connectivity index (χ0n) is 39.7. The molecule has 2 aliphatic rings. The Balaban J connectivity index is 1.84. The molecule has 7 N–H and O–H groups in total. The molecule has 2 fully saturated rings. The lowest BCUT2D eigenvalue weighted by atomic mass is 9.98. The van der Waals surface area contributed by atoms with Crippen molar-refractivity contribution in [1.29, 1.82) is 0 Å². The van der Waals surface area contributed by atoms with Crippen LogP contribution in [-0.2, 0) is 38.0 Å². The summed E-state index contributed by atoms with van der Waals surface area (Å²) in [6, 6.07) is 0. The lowest BCUT2D eigenvalue weighted by Crippen LogP contribution is -2.61. The number of unbranched alkanes of at least 4 members (excludes halogenated alkanes) is 18. The molecule has 0 bridgehead atoms. The Bertz CT molecular complexity index is 1280. The molecule has 0 aromatic rings. The number of rotatable bonds is 38. The van der Waals surface area contributed by atoms with Gasteiger partial charge in [0.15, 0.2) is 18.7 Å². The first-order valence-electron chi connectivity index (χ1n) is 25.1. The van der Waals surface area contributed by atoms with Crippen LogP contribution in [0.4, 0.5) is 0 Å². The van der Waals surface area contributed by atoms with E-state index in [1.807, 2.05) is 0 Å². The van der Waals surface area contributed by atoms with Gasteiger partial charge in [-0.15, -0.1) is 0 Å². The number of allylic oxidation sites excluding steroid dienone is 6. The van der Waals surface area contributed by atoms with Crippen LogP contribution in [0.1, 0.15) is 174 Å². The molecular formula is C50H88O15. The molecule has 2 aliphatic heterocycles. The highest BCUT2D eigenvalue weighted by atomic mass is 16.7. The Morgan fingerprint density at radius 3 is 1.52 bits per heavy atom. The number of aliphatic hydroxyl groups is 7. The number of hydrogen-bond donors (Lipinski definition) is 7. The number of aliphatic hydroxyl groups excluding tert-OH is 7. The Morgan fingerprint density at radius 2 is 0.938 bits per heavy atom. The Kier molecular flexibility index (Phi) is 34.1. The predicted molar refractivity (Wildman–Crippen MR) is 247 cm³/mol. The van der Waals surface area contributed by atoms with Crippen molar-refractivity contribution in [2.75, 3.05) is 26.4 Å². The van der Waals surface area contributed by atoms with Crippen LogP contribution in [-0.4, -0.2) is 142 Å². The van der Waals surface area contributed by atoms with E-state index >= 15 is 0 Å². The fraction of sp³-hybridized carbons (Fsp3) is 0.840. The lowest BCUT2D eigenvalue weighted by molar-refractivity contribution is -0.332. The van der Waals surface area contributed by atoms with Crippen LogP contribution in [0.5, 0.6) is 0 Å². The summed E-state index contributed by atoms with van der Waals surface area (Å²) in [4.78, 5) is 25.7. The number of carbonyl (C=O) groups is 2. The minimum absolute atomic E-state index is 0.132. The molecule has 4 unspecified atom stereocenters. The van der Waals surface area contributed by atoms with E-state index in [1.54, 1.807) is 0 Å². The van der Waals surface area contributed by atoms with E-state index in [9.17, 15) is 45.3 Å². The van der Waals surface area contributed by atoms with Crippen molar-refractivity contribution in [3.05, 3.63) is 36.5 Å². The van der Waals surface area contributed by atoms with Crippen molar-refractivity contribution in [3.63, 3.8) is 0 Å². The second-order valence-electron chi connectivity index (χ2n) is 17.6. The topological polar surface area (TPSA) is 231 Å². The molecule has 0 aliphatic carbocycles. The molecular weight excluding hydrogens is 841 g/mol. The molecule has 2 heterocycles. The monoisotopic (exact) mass is 929 g/mol. The molecule has 15 nitrogen and oxygen atoms in total. The second kappa shape index (κ2) is 37.7. The van der Waals surface area contributed by atoms with Gasteiger partial charge < -0.3 is 64.2 Å². The fourth-order valence-electron chi connectivity index (χ4n) is 7.64. The summed E-state index contributed by atoms with van der Waals surface area (Å²) >= 11 is 0. The van der Waals surface area contributed by atoms with E-state index in [0.29, 0.717) is 12.8 Å². The van der Waals surface area contributed by atoms with E-state index in [-0.39, 0.29) is 19.4 Å². The van der Waals surface area contributed by atoms with Gasteiger partial charge in [-0.25, -0.2) is 0 Å². The smallest absolute Gasteiger partial charge is 0.306 e. The first kappa shape index (κ1) is 58.8. The first-order chi connectivity index (χ1) is 31.5. The molecule has 0 radical (unpaired) electrons. The van der Waals surface area contributed by atoms with Crippen molar-refractivity contribution in [3.8, 4) is 0 Å².